The van der Waals surface area contributed by atoms with Gasteiger partial charge in [-0.25, -0.2) is 4.39 Å². The smallest absolute Gasteiger partial charge is 0.131 e. The summed E-state index contributed by atoms with van der Waals surface area (Å²) in [5, 5.41) is 0. The van der Waals surface area contributed by atoms with E-state index in [0.29, 0.717) is 17.2 Å². The molecule has 3 rings (SSSR count). The van der Waals surface area contributed by atoms with E-state index in [1.165, 1.54) is 43.7 Å². The average molecular weight is 283 g/mol. The molecule has 2 heteroatoms. The summed E-state index contributed by atoms with van der Waals surface area (Å²) in [5.41, 5.74) is 10.2. The quantitative estimate of drug-likeness (QED) is 0.730. The van der Waals surface area contributed by atoms with Gasteiger partial charge in [-0.05, 0) is 54.5 Å². The zero-order chi connectivity index (χ0) is 14.8. The fourth-order valence-corrected chi connectivity index (χ4v) is 3.28. The molecule has 2 aromatic carbocycles. The maximum absolute atomic E-state index is 14.1. The number of nitrogens with two attached hydrogens (primary N) is 1. The van der Waals surface area contributed by atoms with Crippen molar-refractivity contribution in [2.24, 2.45) is 0 Å². The van der Waals surface area contributed by atoms with Crippen molar-refractivity contribution < 1.29 is 4.39 Å². The minimum absolute atomic E-state index is 0.202. The molecular weight excluding hydrogens is 261 g/mol. The molecule has 0 radical (unpaired) electrons. The van der Waals surface area contributed by atoms with E-state index < -0.39 is 0 Å². The topological polar surface area (TPSA) is 26.0 Å². The molecule has 110 valence electrons. The highest BCUT2D eigenvalue weighted by Gasteiger charge is 2.15. The summed E-state index contributed by atoms with van der Waals surface area (Å²) in [6, 6.07) is 11.6. The lowest BCUT2D eigenvalue weighted by atomic mass is 9.83. The molecule has 2 aromatic rings. The highest BCUT2D eigenvalue weighted by atomic mass is 19.1. The van der Waals surface area contributed by atoms with Crippen molar-refractivity contribution in [2.75, 3.05) is 5.73 Å². The lowest BCUT2D eigenvalue weighted by Gasteiger charge is -2.22. The SMILES string of the molecule is Cc1cc(F)c(-c2ccc(C3CCCCC3)cc2)cc1N. The molecule has 0 aromatic heterocycles. The van der Waals surface area contributed by atoms with E-state index in [0.717, 1.165) is 11.1 Å². The number of aryl methyl sites for hydroxylation is 1. The second-order valence-corrected chi connectivity index (χ2v) is 6.15. The van der Waals surface area contributed by atoms with E-state index in [4.69, 9.17) is 5.73 Å². The number of anilines is 1. The van der Waals surface area contributed by atoms with Gasteiger partial charge in [0.2, 0.25) is 0 Å². The third-order valence-electron chi connectivity index (χ3n) is 4.65. The van der Waals surface area contributed by atoms with Gasteiger partial charge in [-0.2, -0.15) is 0 Å². The van der Waals surface area contributed by atoms with Crippen LogP contribution >= 0.6 is 0 Å². The van der Waals surface area contributed by atoms with Crippen LogP contribution in [0.15, 0.2) is 36.4 Å². The summed E-state index contributed by atoms with van der Waals surface area (Å²) >= 11 is 0. The van der Waals surface area contributed by atoms with E-state index >= 15 is 0 Å². The normalized spacial score (nSPS) is 16.1. The van der Waals surface area contributed by atoms with Crippen molar-refractivity contribution in [2.45, 2.75) is 44.9 Å². The van der Waals surface area contributed by atoms with Crippen LogP contribution in [0.25, 0.3) is 11.1 Å². The Labute approximate surface area is 126 Å². The first kappa shape index (κ1) is 14.1. The molecule has 1 aliphatic rings. The van der Waals surface area contributed by atoms with Gasteiger partial charge in [0, 0.05) is 11.3 Å². The van der Waals surface area contributed by atoms with Gasteiger partial charge in [-0.3, -0.25) is 0 Å². The molecule has 0 heterocycles. The average Bonchev–Trinajstić information content (AvgIpc) is 2.52. The van der Waals surface area contributed by atoms with Crippen LogP contribution in [0, 0.1) is 12.7 Å². The van der Waals surface area contributed by atoms with Crippen molar-refractivity contribution >= 4 is 5.69 Å². The molecule has 0 atom stereocenters. The van der Waals surface area contributed by atoms with Crippen LogP contribution in [0.4, 0.5) is 10.1 Å². The third kappa shape index (κ3) is 2.94. The Morgan fingerprint density at radius 3 is 2.33 bits per heavy atom. The first-order valence-corrected chi connectivity index (χ1v) is 7.81. The summed E-state index contributed by atoms with van der Waals surface area (Å²) in [6.45, 7) is 1.83. The van der Waals surface area contributed by atoms with Crippen LogP contribution in [-0.2, 0) is 0 Å². The predicted molar refractivity (Wildman–Crippen MR) is 86.8 cm³/mol. The van der Waals surface area contributed by atoms with Crippen LogP contribution in [0.3, 0.4) is 0 Å². The lowest BCUT2D eigenvalue weighted by Crippen LogP contribution is -2.04. The van der Waals surface area contributed by atoms with Gasteiger partial charge in [0.25, 0.3) is 0 Å². The fourth-order valence-electron chi connectivity index (χ4n) is 3.28. The number of rotatable bonds is 2. The van der Waals surface area contributed by atoms with Crippen molar-refractivity contribution in [3.05, 3.63) is 53.3 Å². The highest BCUT2D eigenvalue weighted by molar-refractivity contribution is 5.69. The van der Waals surface area contributed by atoms with Gasteiger partial charge >= 0.3 is 0 Å². The van der Waals surface area contributed by atoms with Crippen molar-refractivity contribution in [3.8, 4) is 11.1 Å². The molecule has 1 aliphatic carbocycles. The summed E-state index contributed by atoms with van der Waals surface area (Å²) in [6.07, 6.45) is 6.59. The molecule has 0 bridgehead atoms. The first-order chi connectivity index (χ1) is 10.1. The molecule has 1 saturated carbocycles. The lowest BCUT2D eigenvalue weighted by molar-refractivity contribution is 0.443. The van der Waals surface area contributed by atoms with Crippen molar-refractivity contribution in [1.29, 1.82) is 0 Å². The van der Waals surface area contributed by atoms with Crippen LogP contribution in [0.1, 0.15) is 49.1 Å². The molecule has 0 unspecified atom stereocenters. The van der Waals surface area contributed by atoms with Crippen LogP contribution < -0.4 is 5.73 Å². The first-order valence-electron chi connectivity index (χ1n) is 7.81. The Hall–Kier alpha value is -1.83. The summed E-state index contributed by atoms with van der Waals surface area (Å²) < 4.78 is 14.1. The van der Waals surface area contributed by atoms with Crippen LogP contribution in [0.2, 0.25) is 0 Å². The monoisotopic (exact) mass is 283 g/mol. The molecule has 0 aliphatic heterocycles. The molecule has 0 saturated heterocycles. The molecule has 2 N–H and O–H groups in total. The van der Waals surface area contributed by atoms with E-state index in [2.05, 4.69) is 12.1 Å². The Bertz CT molecular complexity index is 625. The minimum atomic E-state index is -0.202. The molecule has 1 fully saturated rings. The van der Waals surface area contributed by atoms with Crippen molar-refractivity contribution in [1.82, 2.24) is 0 Å². The van der Waals surface area contributed by atoms with Gasteiger partial charge in [-0.15, -0.1) is 0 Å². The zero-order valence-electron chi connectivity index (χ0n) is 12.5. The van der Waals surface area contributed by atoms with Crippen molar-refractivity contribution in [3.63, 3.8) is 0 Å². The molecule has 1 nitrogen and oxygen atoms in total. The molecule has 21 heavy (non-hydrogen) atoms. The van der Waals surface area contributed by atoms with E-state index in [-0.39, 0.29) is 5.82 Å². The number of halogens is 1. The number of hydrogen-bond donors (Lipinski definition) is 1. The summed E-state index contributed by atoms with van der Waals surface area (Å²) in [7, 11) is 0. The highest BCUT2D eigenvalue weighted by Crippen LogP contribution is 2.34. The molecular formula is C19H22FN. The summed E-state index contributed by atoms with van der Waals surface area (Å²) in [5.74, 6) is 0.479. The van der Waals surface area contributed by atoms with Gasteiger partial charge in [0.1, 0.15) is 5.82 Å². The van der Waals surface area contributed by atoms with E-state index in [9.17, 15) is 4.39 Å². The van der Waals surface area contributed by atoms with Gasteiger partial charge in [0.05, 0.1) is 0 Å². The van der Waals surface area contributed by atoms with E-state index in [1.807, 2.05) is 19.1 Å². The Kier molecular flexibility index (Phi) is 3.96. The maximum atomic E-state index is 14.1. The standard InChI is InChI=1S/C19H22FN/c1-13-11-18(20)17(12-19(13)21)16-9-7-15(8-10-16)14-5-3-2-4-6-14/h7-12,14H,2-6,21H2,1H3. The second-order valence-electron chi connectivity index (χ2n) is 6.15. The van der Waals surface area contributed by atoms with Crippen LogP contribution in [-0.4, -0.2) is 0 Å². The minimum Gasteiger partial charge on any atom is -0.398 e. The number of hydrogen-bond acceptors (Lipinski definition) is 1. The van der Waals surface area contributed by atoms with E-state index in [1.54, 1.807) is 6.07 Å². The molecule has 0 amide bonds. The third-order valence-corrected chi connectivity index (χ3v) is 4.65. The molecule has 0 spiro atoms. The Balaban J connectivity index is 1.88. The van der Waals surface area contributed by atoms with Gasteiger partial charge in [0.15, 0.2) is 0 Å². The Morgan fingerprint density at radius 2 is 1.67 bits per heavy atom. The predicted octanol–water partition coefficient (Wildman–Crippen LogP) is 5.43. The van der Waals surface area contributed by atoms with Crippen LogP contribution in [0.5, 0.6) is 0 Å². The number of benzene rings is 2. The summed E-state index contributed by atoms with van der Waals surface area (Å²) in [4.78, 5) is 0. The Morgan fingerprint density at radius 1 is 1.00 bits per heavy atom. The van der Waals surface area contributed by atoms with Gasteiger partial charge < -0.3 is 5.73 Å². The zero-order valence-corrected chi connectivity index (χ0v) is 12.5. The number of nitrogen functional groups attached to an aromatic ring is 1. The van der Waals surface area contributed by atoms with Gasteiger partial charge in [-0.1, -0.05) is 43.5 Å². The second kappa shape index (κ2) is 5.88. The largest absolute Gasteiger partial charge is 0.398 e. The maximum Gasteiger partial charge on any atom is 0.131 e. The fraction of sp³-hybridized carbons (Fsp3) is 0.368.